The third-order valence-electron chi connectivity index (χ3n) is 3.70. The molecule has 0 aliphatic carbocycles. The quantitative estimate of drug-likeness (QED) is 0.754. The van der Waals surface area contributed by atoms with Crippen molar-refractivity contribution in [2.75, 3.05) is 19.6 Å². The SMILES string of the molecule is CCCN(CCC)C(=O)CN1C(=O)S/C(=C\c2ccc(O)cc2)C1=O. The maximum atomic E-state index is 12.5. The first-order valence-corrected chi connectivity index (χ1v) is 9.10. The van der Waals surface area contributed by atoms with E-state index in [0.717, 1.165) is 29.5 Å². The molecule has 1 aliphatic rings. The molecule has 0 aromatic heterocycles. The molecule has 0 atom stereocenters. The van der Waals surface area contributed by atoms with Gasteiger partial charge in [0.2, 0.25) is 5.91 Å². The summed E-state index contributed by atoms with van der Waals surface area (Å²) < 4.78 is 0. The number of hydrogen-bond acceptors (Lipinski definition) is 5. The molecule has 1 N–H and O–H groups in total. The first kappa shape index (κ1) is 19.1. The van der Waals surface area contributed by atoms with Crippen LogP contribution in [0.15, 0.2) is 29.2 Å². The van der Waals surface area contributed by atoms with E-state index in [9.17, 15) is 19.5 Å². The van der Waals surface area contributed by atoms with E-state index in [0.29, 0.717) is 18.7 Å². The molecule has 25 heavy (non-hydrogen) atoms. The largest absolute Gasteiger partial charge is 0.508 e. The minimum atomic E-state index is -0.454. The van der Waals surface area contributed by atoms with Gasteiger partial charge in [0.1, 0.15) is 12.3 Å². The first-order chi connectivity index (χ1) is 12.0. The van der Waals surface area contributed by atoms with Crippen LogP contribution in [0.1, 0.15) is 32.3 Å². The lowest BCUT2D eigenvalue weighted by molar-refractivity contribution is -0.135. The maximum absolute atomic E-state index is 12.5. The van der Waals surface area contributed by atoms with Crippen LogP contribution in [0.4, 0.5) is 4.79 Å². The second-order valence-electron chi connectivity index (χ2n) is 5.74. The minimum Gasteiger partial charge on any atom is -0.508 e. The van der Waals surface area contributed by atoms with Crippen molar-refractivity contribution in [3.05, 3.63) is 34.7 Å². The summed E-state index contributed by atoms with van der Waals surface area (Å²) in [6, 6.07) is 6.32. The lowest BCUT2D eigenvalue weighted by Gasteiger charge is -2.23. The number of imide groups is 1. The number of thioether (sulfide) groups is 1. The number of carbonyl (C=O) groups is 3. The molecular weight excluding hydrogens is 340 g/mol. The molecule has 1 aromatic rings. The number of hydrogen-bond donors (Lipinski definition) is 1. The van der Waals surface area contributed by atoms with Crippen LogP contribution >= 0.6 is 11.8 Å². The third-order valence-corrected chi connectivity index (χ3v) is 4.60. The van der Waals surface area contributed by atoms with Gasteiger partial charge >= 0.3 is 0 Å². The van der Waals surface area contributed by atoms with Crippen LogP contribution in [0, 0.1) is 0 Å². The number of carbonyl (C=O) groups excluding carboxylic acids is 3. The van der Waals surface area contributed by atoms with Gasteiger partial charge in [-0.05, 0) is 48.4 Å². The molecule has 1 heterocycles. The topological polar surface area (TPSA) is 77.9 Å². The Hall–Kier alpha value is -2.28. The number of phenolic OH excluding ortho intramolecular Hbond substituents is 1. The van der Waals surface area contributed by atoms with Crippen LogP contribution in [0.25, 0.3) is 6.08 Å². The van der Waals surface area contributed by atoms with Crippen LogP contribution in [-0.2, 0) is 9.59 Å². The molecule has 0 radical (unpaired) electrons. The van der Waals surface area contributed by atoms with Gasteiger partial charge < -0.3 is 10.0 Å². The Labute approximate surface area is 151 Å². The van der Waals surface area contributed by atoms with Gasteiger partial charge in [0.25, 0.3) is 11.1 Å². The predicted molar refractivity (Wildman–Crippen MR) is 97.9 cm³/mol. The highest BCUT2D eigenvalue weighted by Crippen LogP contribution is 2.32. The van der Waals surface area contributed by atoms with Crippen molar-refractivity contribution < 1.29 is 19.5 Å². The average Bonchev–Trinajstić information content (AvgIpc) is 2.84. The monoisotopic (exact) mass is 362 g/mol. The molecule has 0 spiro atoms. The highest BCUT2D eigenvalue weighted by molar-refractivity contribution is 8.18. The number of rotatable bonds is 7. The third kappa shape index (κ3) is 4.85. The number of phenols is 1. The van der Waals surface area contributed by atoms with E-state index in [2.05, 4.69) is 0 Å². The van der Waals surface area contributed by atoms with Gasteiger partial charge in [-0.1, -0.05) is 26.0 Å². The number of aromatic hydroxyl groups is 1. The molecule has 1 aliphatic heterocycles. The van der Waals surface area contributed by atoms with Gasteiger partial charge in [0.15, 0.2) is 0 Å². The molecule has 7 heteroatoms. The fourth-order valence-electron chi connectivity index (χ4n) is 2.49. The second kappa shape index (κ2) is 8.71. The fraction of sp³-hybridized carbons (Fsp3) is 0.389. The molecule has 6 nitrogen and oxygen atoms in total. The van der Waals surface area contributed by atoms with Crippen molar-refractivity contribution in [3.63, 3.8) is 0 Å². The summed E-state index contributed by atoms with van der Waals surface area (Å²) in [6.45, 7) is 4.98. The zero-order valence-corrected chi connectivity index (χ0v) is 15.2. The van der Waals surface area contributed by atoms with Crippen molar-refractivity contribution in [3.8, 4) is 5.75 Å². The van der Waals surface area contributed by atoms with Crippen molar-refractivity contribution in [1.29, 1.82) is 0 Å². The van der Waals surface area contributed by atoms with Crippen LogP contribution in [0.2, 0.25) is 0 Å². The maximum Gasteiger partial charge on any atom is 0.294 e. The summed E-state index contributed by atoms with van der Waals surface area (Å²) in [5.41, 5.74) is 0.702. The van der Waals surface area contributed by atoms with E-state index < -0.39 is 11.1 Å². The van der Waals surface area contributed by atoms with Crippen molar-refractivity contribution in [1.82, 2.24) is 9.80 Å². The van der Waals surface area contributed by atoms with E-state index in [4.69, 9.17) is 0 Å². The smallest absolute Gasteiger partial charge is 0.294 e. The molecule has 1 saturated heterocycles. The van der Waals surface area contributed by atoms with Gasteiger partial charge in [0.05, 0.1) is 4.91 Å². The average molecular weight is 362 g/mol. The van der Waals surface area contributed by atoms with Crippen molar-refractivity contribution >= 4 is 34.9 Å². The number of benzene rings is 1. The molecule has 2 rings (SSSR count). The van der Waals surface area contributed by atoms with Crippen LogP contribution in [0.3, 0.4) is 0 Å². The summed E-state index contributed by atoms with van der Waals surface area (Å²) in [5.74, 6) is -0.538. The zero-order valence-electron chi connectivity index (χ0n) is 14.4. The van der Waals surface area contributed by atoms with Gasteiger partial charge in [-0.15, -0.1) is 0 Å². The molecular formula is C18H22N2O4S. The summed E-state index contributed by atoms with van der Waals surface area (Å²) in [7, 11) is 0. The Morgan fingerprint density at radius 2 is 1.76 bits per heavy atom. The lowest BCUT2D eigenvalue weighted by Crippen LogP contribution is -2.42. The van der Waals surface area contributed by atoms with Gasteiger partial charge in [-0.2, -0.15) is 0 Å². The normalized spacial score (nSPS) is 15.9. The van der Waals surface area contributed by atoms with E-state index in [1.807, 2.05) is 13.8 Å². The summed E-state index contributed by atoms with van der Waals surface area (Å²) in [6.07, 6.45) is 3.24. The molecule has 1 aromatic carbocycles. The molecule has 0 unspecified atom stereocenters. The Morgan fingerprint density at radius 1 is 1.16 bits per heavy atom. The van der Waals surface area contributed by atoms with E-state index in [1.54, 1.807) is 23.1 Å². The second-order valence-corrected chi connectivity index (χ2v) is 6.73. The number of amides is 3. The lowest BCUT2D eigenvalue weighted by atomic mass is 10.2. The van der Waals surface area contributed by atoms with E-state index in [-0.39, 0.29) is 23.1 Å². The Kier molecular flexibility index (Phi) is 6.64. The van der Waals surface area contributed by atoms with E-state index >= 15 is 0 Å². The van der Waals surface area contributed by atoms with Crippen LogP contribution < -0.4 is 0 Å². The molecule has 3 amide bonds. The summed E-state index contributed by atoms with van der Waals surface area (Å²) in [4.78, 5) is 39.9. The van der Waals surface area contributed by atoms with Crippen LogP contribution in [0.5, 0.6) is 5.75 Å². The highest BCUT2D eigenvalue weighted by atomic mass is 32.2. The number of nitrogens with zero attached hydrogens (tertiary/aromatic N) is 2. The summed E-state index contributed by atoms with van der Waals surface area (Å²) in [5, 5.41) is 8.86. The molecule has 0 saturated carbocycles. The highest BCUT2D eigenvalue weighted by Gasteiger charge is 2.36. The van der Waals surface area contributed by atoms with Crippen molar-refractivity contribution in [2.45, 2.75) is 26.7 Å². The Morgan fingerprint density at radius 3 is 2.32 bits per heavy atom. The van der Waals surface area contributed by atoms with Gasteiger partial charge in [0, 0.05) is 13.1 Å². The fourth-order valence-corrected chi connectivity index (χ4v) is 3.33. The summed E-state index contributed by atoms with van der Waals surface area (Å²) >= 11 is 0.827. The molecule has 1 fully saturated rings. The minimum absolute atomic E-state index is 0.128. The first-order valence-electron chi connectivity index (χ1n) is 8.28. The van der Waals surface area contributed by atoms with Gasteiger partial charge in [-0.3, -0.25) is 19.3 Å². The Balaban J connectivity index is 2.10. The Bertz CT molecular complexity index is 679. The zero-order chi connectivity index (χ0) is 18.4. The molecule has 134 valence electrons. The van der Waals surface area contributed by atoms with Gasteiger partial charge in [-0.25, -0.2) is 0 Å². The standard InChI is InChI=1S/C18H22N2O4S/c1-3-9-19(10-4-2)16(22)12-20-17(23)15(25-18(20)24)11-13-5-7-14(21)8-6-13/h5-8,11,21H,3-4,9-10,12H2,1-2H3/b15-11-. The van der Waals surface area contributed by atoms with Crippen LogP contribution in [-0.4, -0.2) is 51.6 Å². The predicted octanol–water partition coefficient (Wildman–Crippen LogP) is 3.08. The van der Waals surface area contributed by atoms with Crippen molar-refractivity contribution in [2.24, 2.45) is 0 Å². The van der Waals surface area contributed by atoms with E-state index in [1.165, 1.54) is 12.1 Å². The molecule has 0 bridgehead atoms.